The number of piperidine rings is 1. The minimum Gasteiger partial charge on any atom is -0.493 e. The van der Waals surface area contributed by atoms with Gasteiger partial charge in [0, 0.05) is 6.54 Å². The first-order valence-electron chi connectivity index (χ1n) is 8.41. The van der Waals surface area contributed by atoms with Crippen molar-refractivity contribution < 1.29 is 14.6 Å². The van der Waals surface area contributed by atoms with Crippen LogP contribution in [0.1, 0.15) is 30.0 Å². The molecule has 128 valence electrons. The zero-order valence-corrected chi connectivity index (χ0v) is 14.3. The number of ether oxygens (including phenoxy) is 2. The van der Waals surface area contributed by atoms with Crippen molar-refractivity contribution in [3.8, 4) is 11.5 Å². The molecule has 0 aromatic heterocycles. The lowest BCUT2D eigenvalue weighted by atomic mass is 9.91. The number of likely N-dealkylation sites (tertiary alicyclic amines) is 1. The molecule has 24 heavy (non-hydrogen) atoms. The van der Waals surface area contributed by atoms with Crippen molar-refractivity contribution in [2.75, 3.05) is 20.8 Å². The first kappa shape index (κ1) is 16.8. The molecule has 0 amide bonds. The van der Waals surface area contributed by atoms with Gasteiger partial charge in [-0.2, -0.15) is 0 Å². The predicted octanol–water partition coefficient (Wildman–Crippen LogP) is 3.40. The van der Waals surface area contributed by atoms with Crippen molar-refractivity contribution in [2.24, 2.45) is 0 Å². The van der Waals surface area contributed by atoms with Crippen molar-refractivity contribution in [2.45, 2.75) is 31.5 Å². The van der Waals surface area contributed by atoms with Crippen molar-refractivity contribution in [1.82, 2.24) is 4.90 Å². The largest absolute Gasteiger partial charge is 0.493 e. The number of rotatable bonds is 5. The predicted molar refractivity (Wildman–Crippen MR) is 94.4 cm³/mol. The fourth-order valence-corrected chi connectivity index (χ4v) is 3.51. The second-order valence-electron chi connectivity index (χ2n) is 6.22. The Morgan fingerprint density at radius 3 is 2.50 bits per heavy atom. The number of methoxy groups -OCH3 is 2. The van der Waals surface area contributed by atoms with E-state index in [0.29, 0.717) is 11.5 Å². The standard InChI is InChI=1S/C20H25NO3/c1-23-18-11-10-16(13-19(18)24-2)20-17(22)9-6-12-21(20)14-15-7-4-3-5-8-15/h3-5,7-8,10-11,13,17,20,22H,6,9,12,14H2,1-2H3. The van der Waals surface area contributed by atoms with Crippen LogP contribution in [0.4, 0.5) is 0 Å². The van der Waals surface area contributed by atoms with Crippen LogP contribution >= 0.6 is 0 Å². The van der Waals surface area contributed by atoms with Gasteiger partial charge in [-0.3, -0.25) is 4.90 Å². The highest BCUT2D eigenvalue weighted by Crippen LogP contribution is 2.37. The van der Waals surface area contributed by atoms with Gasteiger partial charge < -0.3 is 14.6 Å². The molecule has 0 saturated carbocycles. The second-order valence-corrected chi connectivity index (χ2v) is 6.22. The summed E-state index contributed by atoms with van der Waals surface area (Å²) in [6.45, 7) is 1.81. The number of nitrogens with zero attached hydrogens (tertiary/aromatic N) is 1. The van der Waals surface area contributed by atoms with E-state index in [1.54, 1.807) is 14.2 Å². The van der Waals surface area contributed by atoms with E-state index in [4.69, 9.17) is 9.47 Å². The summed E-state index contributed by atoms with van der Waals surface area (Å²) in [5, 5.41) is 10.6. The smallest absolute Gasteiger partial charge is 0.161 e. The fraction of sp³-hybridized carbons (Fsp3) is 0.400. The van der Waals surface area contributed by atoms with Gasteiger partial charge in [0.2, 0.25) is 0 Å². The lowest BCUT2D eigenvalue weighted by molar-refractivity contribution is 0.00511. The Bertz CT molecular complexity index is 659. The van der Waals surface area contributed by atoms with Crippen molar-refractivity contribution in [3.63, 3.8) is 0 Å². The van der Waals surface area contributed by atoms with Crippen LogP contribution in [0.3, 0.4) is 0 Å². The summed E-state index contributed by atoms with van der Waals surface area (Å²) in [7, 11) is 3.27. The first-order valence-corrected chi connectivity index (χ1v) is 8.41. The third-order valence-corrected chi connectivity index (χ3v) is 4.68. The third kappa shape index (κ3) is 3.55. The molecule has 2 atom stereocenters. The lowest BCUT2D eigenvalue weighted by Gasteiger charge is -2.39. The van der Waals surface area contributed by atoms with Gasteiger partial charge in [0.1, 0.15) is 0 Å². The van der Waals surface area contributed by atoms with Crippen LogP contribution in [0.2, 0.25) is 0 Å². The molecule has 0 spiro atoms. The molecule has 0 radical (unpaired) electrons. The summed E-state index contributed by atoms with van der Waals surface area (Å²) in [5.74, 6) is 1.41. The summed E-state index contributed by atoms with van der Waals surface area (Å²) in [5.41, 5.74) is 2.33. The third-order valence-electron chi connectivity index (χ3n) is 4.68. The Morgan fingerprint density at radius 2 is 1.79 bits per heavy atom. The zero-order valence-electron chi connectivity index (χ0n) is 14.3. The van der Waals surface area contributed by atoms with Crippen LogP contribution in [-0.2, 0) is 6.54 Å². The molecule has 3 rings (SSSR count). The van der Waals surface area contributed by atoms with E-state index in [1.807, 2.05) is 24.3 Å². The normalized spacial score (nSPS) is 21.5. The van der Waals surface area contributed by atoms with Crippen molar-refractivity contribution in [3.05, 3.63) is 59.7 Å². The number of aliphatic hydroxyl groups excluding tert-OH is 1. The molecule has 1 saturated heterocycles. The van der Waals surface area contributed by atoms with Crippen LogP contribution in [0.25, 0.3) is 0 Å². The first-order chi connectivity index (χ1) is 11.7. The molecule has 1 aliphatic rings. The van der Waals surface area contributed by atoms with Gasteiger partial charge in [0.15, 0.2) is 11.5 Å². The Balaban J connectivity index is 1.89. The number of hydrogen-bond donors (Lipinski definition) is 1. The van der Waals surface area contributed by atoms with Gasteiger partial charge in [0.25, 0.3) is 0 Å². The average Bonchev–Trinajstić information content (AvgIpc) is 2.62. The van der Waals surface area contributed by atoms with Crippen LogP contribution in [-0.4, -0.2) is 36.9 Å². The van der Waals surface area contributed by atoms with E-state index in [2.05, 4.69) is 29.2 Å². The van der Waals surface area contributed by atoms with E-state index < -0.39 is 0 Å². The zero-order chi connectivity index (χ0) is 16.9. The Hall–Kier alpha value is -2.04. The van der Waals surface area contributed by atoms with Crippen LogP contribution in [0.15, 0.2) is 48.5 Å². The molecule has 4 heteroatoms. The highest BCUT2D eigenvalue weighted by Gasteiger charge is 2.32. The minimum absolute atomic E-state index is 0.0289. The van der Waals surface area contributed by atoms with E-state index >= 15 is 0 Å². The maximum Gasteiger partial charge on any atom is 0.161 e. The molecule has 1 heterocycles. The van der Waals surface area contributed by atoms with E-state index in [-0.39, 0.29) is 12.1 Å². The SMILES string of the molecule is COc1ccc(C2C(O)CCCN2Cc2ccccc2)cc1OC. The van der Waals surface area contributed by atoms with Gasteiger partial charge in [0.05, 0.1) is 26.4 Å². The molecular weight excluding hydrogens is 302 g/mol. The number of aliphatic hydroxyl groups is 1. The topological polar surface area (TPSA) is 41.9 Å². The summed E-state index contributed by atoms with van der Waals surface area (Å²) in [6.07, 6.45) is 1.46. The highest BCUT2D eigenvalue weighted by atomic mass is 16.5. The van der Waals surface area contributed by atoms with Gasteiger partial charge in [-0.15, -0.1) is 0 Å². The Labute approximate surface area is 143 Å². The Kier molecular flexibility index (Phi) is 5.38. The quantitative estimate of drug-likeness (QED) is 0.914. The molecule has 2 unspecified atom stereocenters. The molecule has 0 aliphatic carbocycles. The second kappa shape index (κ2) is 7.69. The molecular formula is C20H25NO3. The highest BCUT2D eigenvalue weighted by molar-refractivity contribution is 5.44. The molecule has 0 bridgehead atoms. The van der Waals surface area contributed by atoms with Crippen LogP contribution in [0.5, 0.6) is 11.5 Å². The Morgan fingerprint density at radius 1 is 1.04 bits per heavy atom. The summed E-state index contributed by atoms with van der Waals surface area (Å²) >= 11 is 0. The molecule has 4 nitrogen and oxygen atoms in total. The lowest BCUT2D eigenvalue weighted by Crippen LogP contribution is -2.41. The van der Waals surface area contributed by atoms with Crippen LogP contribution in [0, 0.1) is 0 Å². The average molecular weight is 327 g/mol. The van der Waals surface area contributed by atoms with E-state index in [0.717, 1.165) is 31.5 Å². The van der Waals surface area contributed by atoms with Crippen molar-refractivity contribution >= 4 is 0 Å². The molecule has 1 aliphatic heterocycles. The van der Waals surface area contributed by atoms with Crippen molar-refractivity contribution in [1.29, 1.82) is 0 Å². The van der Waals surface area contributed by atoms with Crippen LogP contribution < -0.4 is 9.47 Å². The maximum atomic E-state index is 10.6. The molecule has 2 aromatic rings. The number of hydrogen-bond acceptors (Lipinski definition) is 4. The van der Waals surface area contributed by atoms with Gasteiger partial charge in [-0.05, 0) is 42.6 Å². The van der Waals surface area contributed by atoms with Gasteiger partial charge in [-0.25, -0.2) is 0 Å². The van der Waals surface area contributed by atoms with Gasteiger partial charge >= 0.3 is 0 Å². The molecule has 2 aromatic carbocycles. The van der Waals surface area contributed by atoms with E-state index in [9.17, 15) is 5.11 Å². The van der Waals surface area contributed by atoms with E-state index in [1.165, 1.54) is 5.56 Å². The summed E-state index contributed by atoms with van der Waals surface area (Å²) in [6, 6.07) is 16.3. The summed E-state index contributed by atoms with van der Waals surface area (Å²) in [4.78, 5) is 2.35. The monoisotopic (exact) mass is 327 g/mol. The van der Waals surface area contributed by atoms with Gasteiger partial charge in [-0.1, -0.05) is 36.4 Å². The fourth-order valence-electron chi connectivity index (χ4n) is 3.51. The number of benzene rings is 2. The summed E-state index contributed by atoms with van der Waals surface area (Å²) < 4.78 is 10.8. The maximum absolute atomic E-state index is 10.6. The minimum atomic E-state index is -0.374. The molecule has 1 fully saturated rings. The molecule has 1 N–H and O–H groups in total.